The van der Waals surface area contributed by atoms with Gasteiger partial charge in [-0.15, -0.1) is 0 Å². The maximum Gasteiger partial charge on any atom is 0.0661 e. The maximum absolute atomic E-state index is 6.02. The summed E-state index contributed by atoms with van der Waals surface area (Å²) < 4.78 is 6.02. The van der Waals surface area contributed by atoms with E-state index in [0.717, 1.165) is 12.6 Å². The molecule has 3 heteroatoms. The van der Waals surface area contributed by atoms with Crippen molar-refractivity contribution in [3.8, 4) is 0 Å². The van der Waals surface area contributed by atoms with Crippen LogP contribution in [0.3, 0.4) is 0 Å². The minimum Gasteiger partial charge on any atom is -0.378 e. The van der Waals surface area contributed by atoms with Crippen molar-refractivity contribution in [3.05, 3.63) is 0 Å². The predicted octanol–water partition coefficient (Wildman–Crippen LogP) is 4.24. The van der Waals surface area contributed by atoms with Gasteiger partial charge in [-0.3, -0.25) is 0 Å². The highest BCUT2D eigenvalue weighted by atomic mass is 32.2. The molecule has 0 heterocycles. The molecule has 2 rings (SSSR count). The molecule has 0 saturated heterocycles. The van der Waals surface area contributed by atoms with E-state index in [9.17, 15) is 0 Å². The molecule has 2 aliphatic carbocycles. The third kappa shape index (κ3) is 3.92. The van der Waals surface area contributed by atoms with E-state index in [2.05, 4.69) is 18.5 Å². The Morgan fingerprint density at radius 2 is 1.95 bits per heavy atom. The second-order valence-corrected chi connectivity index (χ2v) is 7.52. The lowest BCUT2D eigenvalue weighted by Crippen LogP contribution is -2.64. The summed E-state index contributed by atoms with van der Waals surface area (Å²) >= 11 is 1.97. The minimum atomic E-state index is 0.494. The fourth-order valence-corrected chi connectivity index (χ4v) is 4.67. The molecular weight excluding hydrogens is 266 g/mol. The number of unbranched alkanes of at least 4 members (excludes halogenated alkanes) is 2. The van der Waals surface area contributed by atoms with Crippen LogP contribution in [0.1, 0.15) is 64.7 Å². The first kappa shape index (κ1) is 16.6. The van der Waals surface area contributed by atoms with Gasteiger partial charge >= 0.3 is 0 Å². The summed E-state index contributed by atoms with van der Waals surface area (Å²) in [6.45, 7) is 4.23. The monoisotopic (exact) mass is 299 g/mol. The van der Waals surface area contributed by atoms with E-state index in [-0.39, 0.29) is 0 Å². The molecule has 2 atom stereocenters. The van der Waals surface area contributed by atoms with Crippen LogP contribution in [0.2, 0.25) is 0 Å². The van der Waals surface area contributed by atoms with Crippen molar-refractivity contribution in [2.45, 2.75) is 76.9 Å². The number of thioether (sulfide) groups is 1. The van der Waals surface area contributed by atoms with Crippen LogP contribution in [0.25, 0.3) is 0 Å². The summed E-state index contributed by atoms with van der Waals surface area (Å²) in [5.41, 5.74) is 0.494. The van der Waals surface area contributed by atoms with Crippen LogP contribution in [0.15, 0.2) is 0 Å². The molecule has 0 aromatic heterocycles. The van der Waals surface area contributed by atoms with E-state index in [1.165, 1.54) is 70.1 Å². The zero-order chi connectivity index (χ0) is 14.3. The Morgan fingerprint density at radius 1 is 1.15 bits per heavy atom. The molecule has 0 aromatic rings. The Balaban J connectivity index is 1.71. The number of ether oxygens (including phenoxy) is 1. The van der Waals surface area contributed by atoms with Crippen LogP contribution in [0, 0.1) is 5.41 Å². The van der Waals surface area contributed by atoms with Crippen molar-refractivity contribution in [3.63, 3.8) is 0 Å². The van der Waals surface area contributed by atoms with Gasteiger partial charge in [-0.1, -0.05) is 25.7 Å². The lowest BCUT2D eigenvalue weighted by Gasteiger charge is -2.58. The molecule has 0 aromatic carbocycles. The molecule has 0 amide bonds. The van der Waals surface area contributed by atoms with E-state index in [0.29, 0.717) is 11.5 Å². The normalized spacial score (nSPS) is 28.5. The Bertz CT molecular complexity index is 266. The third-order valence-corrected chi connectivity index (χ3v) is 6.05. The van der Waals surface area contributed by atoms with Gasteiger partial charge in [0, 0.05) is 18.1 Å². The molecule has 2 nitrogen and oxygen atoms in total. The van der Waals surface area contributed by atoms with Crippen molar-refractivity contribution in [2.75, 3.05) is 25.2 Å². The second-order valence-electron chi connectivity index (χ2n) is 6.53. The smallest absolute Gasteiger partial charge is 0.0661 e. The SMILES string of the molecule is CCOC1CC(NCCCCCSC)C12CCCCC2. The van der Waals surface area contributed by atoms with Gasteiger partial charge in [-0.2, -0.15) is 11.8 Å². The number of nitrogens with one attached hydrogen (secondary N) is 1. The van der Waals surface area contributed by atoms with Gasteiger partial charge in [-0.05, 0) is 57.6 Å². The van der Waals surface area contributed by atoms with Gasteiger partial charge < -0.3 is 10.1 Å². The summed E-state index contributed by atoms with van der Waals surface area (Å²) in [6.07, 6.45) is 15.1. The van der Waals surface area contributed by atoms with Gasteiger partial charge in [0.15, 0.2) is 0 Å². The highest BCUT2D eigenvalue weighted by molar-refractivity contribution is 7.98. The quantitative estimate of drug-likeness (QED) is 0.644. The molecule has 118 valence electrons. The lowest BCUT2D eigenvalue weighted by molar-refractivity contribution is -0.149. The highest BCUT2D eigenvalue weighted by Gasteiger charge is 2.55. The number of rotatable bonds is 9. The topological polar surface area (TPSA) is 21.3 Å². The summed E-state index contributed by atoms with van der Waals surface area (Å²) in [5, 5.41) is 3.86. The fourth-order valence-electron chi connectivity index (χ4n) is 4.17. The fraction of sp³-hybridized carbons (Fsp3) is 1.00. The lowest BCUT2D eigenvalue weighted by atomic mass is 9.55. The number of hydrogen-bond donors (Lipinski definition) is 1. The van der Waals surface area contributed by atoms with Crippen LogP contribution >= 0.6 is 11.8 Å². The molecule has 1 spiro atoms. The first-order valence-corrected chi connectivity index (χ1v) is 10.1. The van der Waals surface area contributed by atoms with Gasteiger partial charge in [-0.25, -0.2) is 0 Å². The van der Waals surface area contributed by atoms with Crippen LogP contribution < -0.4 is 5.32 Å². The van der Waals surface area contributed by atoms with E-state index in [1.54, 1.807) is 0 Å². The van der Waals surface area contributed by atoms with E-state index >= 15 is 0 Å². The van der Waals surface area contributed by atoms with Crippen LogP contribution in [0.4, 0.5) is 0 Å². The molecular formula is C17H33NOS. The minimum absolute atomic E-state index is 0.494. The second kappa shape index (κ2) is 8.65. The molecule has 1 N–H and O–H groups in total. The first-order valence-electron chi connectivity index (χ1n) is 8.67. The van der Waals surface area contributed by atoms with Gasteiger partial charge in [0.1, 0.15) is 0 Å². The molecule has 2 saturated carbocycles. The van der Waals surface area contributed by atoms with Crippen molar-refractivity contribution in [1.82, 2.24) is 5.32 Å². The molecule has 0 aliphatic heterocycles. The molecule has 0 bridgehead atoms. The van der Waals surface area contributed by atoms with E-state index in [4.69, 9.17) is 4.74 Å². The molecule has 20 heavy (non-hydrogen) atoms. The summed E-state index contributed by atoms with van der Waals surface area (Å²) in [7, 11) is 0. The highest BCUT2D eigenvalue weighted by Crippen LogP contribution is 2.53. The van der Waals surface area contributed by atoms with Crippen molar-refractivity contribution < 1.29 is 4.74 Å². The average molecular weight is 300 g/mol. The third-order valence-electron chi connectivity index (χ3n) is 5.35. The Morgan fingerprint density at radius 3 is 2.65 bits per heavy atom. The number of hydrogen-bond acceptors (Lipinski definition) is 3. The largest absolute Gasteiger partial charge is 0.378 e. The van der Waals surface area contributed by atoms with E-state index in [1.807, 2.05) is 11.8 Å². The Hall–Kier alpha value is 0.270. The van der Waals surface area contributed by atoms with Crippen molar-refractivity contribution in [1.29, 1.82) is 0 Å². The maximum atomic E-state index is 6.02. The zero-order valence-electron chi connectivity index (χ0n) is 13.5. The predicted molar refractivity (Wildman–Crippen MR) is 89.6 cm³/mol. The standard InChI is InChI=1S/C17H33NOS/c1-3-19-16-14-15(17(16)10-6-4-7-11-17)18-12-8-5-9-13-20-2/h15-16,18H,3-14H2,1-2H3. The van der Waals surface area contributed by atoms with Gasteiger partial charge in [0.2, 0.25) is 0 Å². The molecule has 0 radical (unpaired) electrons. The Kier molecular flexibility index (Phi) is 7.20. The van der Waals surface area contributed by atoms with Gasteiger partial charge in [0.25, 0.3) is 0 Å². The van der Waals surface area contributed by atoms with Crippen LogP contribution in [-0.4, -0.2) is 37.3 Å². The summed E-state index contributed by atoms with van der Waals surface area (Å²) in [6, 6.07) is 0.736. The van der Waals surface area contributed by atoms with E-state index < -0.39 is 0 Å². The zero-order valence-corrected chi connectivity index (χ0v) is 14.3. The molecule has 2 unspecified atom stereocenters. The summed E-state index contributed by atoms with van der Waals surface area (Å²) in [5.74, 6) is 1.32. The average Bonchev–Trinajstić information content (AvgIpc) is 2.49. The van der Waals surface area contributed by atoms with Crippen LogP contribution in [-0.2, 0) is 4.74 Å². The van der Waals surface area contributed by atoms with Crippen LogP contribution in [0.5, 0.6) is 0 Å². The summed E-state index contributed by atoms with van der Waals surface area (Å²) in [4.78, 5) is 0. The Labute approximate surface area is 129 Å². The van der Waals surface area contributed by atoms with Gasteiger partial charge in [0.05, 0.1) is 6.10 Å². The van der Waals surface area contributed by atoms with Crippen molar-refractivity contribution >= 4 is 11.8 Å². The molecule has 2 aliphatic rings. The molecule has 2 fully saturated rings. The first-order chi connectivity index (χ1) is 9.83. The van der Waals surface area contributed by atoms with Crippen molar-refractivity contribution in [2.24, 2.45) is 5.41 Å².